The highest BCUT2D eigenvalue weighted by atomic mass is 19.1. The smallest absolute Gasteiger partial charge is 0.407 e. The zero-order valence-electron chi connectivity index (χ0n) is 20.5. The van der Waals surface area contributed by atoms with Gasteiger partial charge >= 0.3 is 6.09 Å². The number of carbonyl (C=O) groups excluding carboxylic acids is 1. The Morgan fingerprint density at radius 3 is 2.57 bits per heavy atom. The van der Waals surface area contributed by atoms with Crippen molar-refractivity contribution in [1.29, 1.82) is 0 Å². The van der Waals surface area contributed by atoms with E-state index in [1.807, 2.05) is 0 Å². The van der Waals surface area contributed by atoms with Crippen molar-refractivity contribution in [3.8, 4) is 11.4 Å². The molecule has 1 amide bonds. The minimum Gasteiger partial charge on any atom is -0.444 e. The predicted octanol–water partition coefficient (Wildman–Crippen LogP) is 5.61. The average Bonchev–Trinajstić information content (AvgIpc) is 3.06. The van der Waals surface area contributed by atoms with E-state index >= 15 is 0 Å². The van der Waals surface area contributed by atoms with Crippen LogP contribution in [0.4, 0.5) is 23.8 Å². The van der Waals surface area contributed by atoms with Gasteiger partial charge in [-0.3, -0.25) is 0 Å². The zero-order chi connectivity index (χ0) is 25.5. The van der Waals surface area contributed by atoms with E-state index < -0.39 is 29.1 Å². The molecule has 2 aromatic heterocycles. The fourth-order valence-electron chi connectivity index (χ4n) is 4.53. The van der Waals surface area contributed by atoms with Crippen LogP contribution in [-0.2, 0) is 11.8 Å². The summed E-state index contributed by atoms with van der Waals surface area (Å²) in [6.45, 7) is 6.92. The molecule has 1 aromatic carbocycles. The van der Waals surface area contributed by atoms with Crippen molar-refractivity contribution in [3.05, 3.63) is 41.5 Å². The standard InChI is InChI=1S/C25H30F3N5O2/c1-13-20(28)23(30-15-7-6-8-16(11-15)31-24(34)35-25(2,3)4)32-22(29-13)18-12-33(5)21-17(18)9-14(26)10-19(21)27/h9-10,12,15-16H,6-8,11H2,1-5H3,(H,31,34)(H,29,30,32)/t15-,16+/m0/s1. The van der Waals surface area contributed by atoms with Crippen LogP contribution in [0.1, 0.15) is 52.1 Å². The third kappa shape index (κ3) is 5.52. The Hall–Kier alpha value is -3.30. The van der Waals surface area contributed by atoms with Gasteiger partial charge in [-0.15, -0.1) is 0 Å². The van der Waals surface area contributed by atoms with Gasteiger partial charge in [-0.25, -0.2) is 27.9 Å². The number of nitrogens with one attached hydrogen (secondary N) is 2. The lowest BCUT2D eigenvalue weighted by Crippen LogP contribution is -2.44. The molecule has 2 N–H and O–H groups in total. The quantitative estimate of drug-likeness (QED) is 0.498. The van der Waals surface area contributed by atoms with Crippen LogP contribution in [0.25, 0.3) is 22.3 Å². The molecule has 0 unspecified atom stereocenters. The first-order valence-corrected chi connectivity index (χ1v) is 11.7. The molecule has 0 radical (unpaired) electrons. The Morgan fingerprint density at radius 2 is 1.86 bits per heavy atom. The number of nitrogens with zero attached hydrogens (tertiary/aromatic N) is 3. The van der Waals surface area contributed by atoms with E-state index in [1.165, 1.54) is 17.6 Å². The number of ether oxygens (including phenoxy) is 1. The van der Waals surface area contributed by atoms with E-state index in [4.69, 9.17) is 4.74 Å². The molecule has 2 heterocycles. The Bertz CT molecular complexity index is 1270. The van der Waals surface area contributed by atoms with Crippen LogP contribution in [-0.4, -0.2) is 38.3 Å². The number of aromatic nitrogens is 3. The van der Waals surface area contributed by atoms with Gasteiger partial charge in [0.2, 0.25) is 0 Å². The number of amides is 1. The van der Waals surface area contributed by atoms with Crippen LogP contribution in [0, 0.1) is 24.4 Å². The molecule has 2 atom stereocenters. The van der Waals surface area contributed by atoms with Gasteiger partial charge in [-0.05, 0) is 59.4 Å². The van der Waals surface area contributed by atoms with Gasteiger partial charge < -0.3 is 19.9 Å². The minimum atomic E-state index is -0.717. The highest BCUT2D eigenvalue weighted by Gasteiger charge is 2.27. The summed E-state index contributed by atoms with van der Waals surface area (Å²) < 4.78 is 50.2. The topological polar surface area (TPSA) is 81.1 Å². The van der Waals surface area contributed by atoms with Crippen LogP contribution < -0.4 is 10.6 Å². The number of carbonyl (C=O) groups is 1. The lowest BCUT2D eigenvalue weighted by atomic mass is 9.91. The Labute approximate surface area is 202 Å². The number of fused-ring (bicyclic) bond motifs is 1. The molecule has 0 spiro atoms. The summed E-state index contributed by atoms with van der Waals surface area (Å²) in [6.07, 6.45) is 4.09. The van der Waals surface area contributed by atoms with Crippen LogP contribution in [0.15, 0.2) is 18.3 Å². The number of halogens is 3. The van der Waals surface area contributed by atoms with Crippen molar-refractivity contribution in [2.45, 2.75) is 71.1 Å². The fraction of sp³-hybridized carbons (Fsp3) is 0.480. The highest BCUT2D eigenvalue weighted by Crippen LogP contribution is 2.32. The van der Waals surface area contributed by atoms with Crippen molar-refractivity contribution >= 4 is 22.8 Å². The molecule has 0 aliphatic heterocycles. The molecular weight excluding hydrogens is 459 g/mol. The van der Waals surface area contributed by atoms with Crippen molar-refractivity contribution in [3.63, 3.8) is 0 Å². The molecular formula is C25H30F3N5O2. The summed E-state index contributed by atoms with van der Waals surface area (Å²) in [5.74, 6) is -1.82. The Morgan fingerprint density at radius 1 is 1.14 bits per heavy atom. The van der Waals surface area contributed by atoms with Crippen molar-refractivity contribution in [1.82, 2.24) is 19.9 Å². The maximum absolute atomic E-state index is 15.0. The van der Waals surface area contributed by atoms with Crippen molar-refractivity contribution in [2.24, 2.45) is 7.05 Å². The summed E-state index contributed by atoms with van der Waals surface area (Å²) in [4.78, 5) is 20.8. The number of rotatable bonds is 4. The molecule has 10 heteroatoms. The van der Waals surface area contributed by atoms with Crippen LogP contribution in [0.5, 0.6) is 0 Å². The second-order valence-corrected chi connectivity index (χ2v) is 10.1. The number of alkyl carbamates (subject to hydrolysis) is 1. The number of hydrogen-bond donors (Lipinski definition) is 2. The molecule has 35 heavy (non-hydrogen) atoms. The minimum absolute atomic E-state index is 0.0179. The number of hydrogen-bond acceptors (Lipinski definition) is 5. The Balaban J connectivity index is 1.58. The van der Waals surface area contributed by atoms with Gasteiger partial charge in [0.1, 0.15) is 17.2 Å². The fourth-order valence-corrected chi connectivity index (χ4v) is 4.53. The molecule has 3 aromatic rings. The van der Waals surface area contributed by atoms with Crippen LogP contribution >= 0.6 is 0 Å². The number of aryl methyl sites for hydroxylation is 2. The molecule has 7 nitrogen and oxygen atoms in total. The van der Waals surface area contributed by atoms with Crippen molar-refractivity contribution < 1.29 is 22.7 Å². The van der Waals surface area contributed by atoms with Gasteiger partial charge in [0.25, 0.3) is 0 Å². The third-order valence-electron chi connectivity index (χ3n) is 5.99. The molecule has 1 aliphatic rings. The highest BCUT2D eigenvalue weighted by molar-refractivity contribution is 5.95. The zero-order valence-corrected chi connectivity index (χ0v) is 20.5. The molecule has 1 fully saturated rings. The second-order valence-electron chi connectivity index (χ2n) is 10.1. The molecule has 188 valence electrons. The van der Waals surface area contributed by atoms with Gasteiger partial charge in [-0.1, -0.05) is 0 Å². The molecule has 1 aliphatic carbocycles. The molecule has 4 rings (SSSR count). The van der Waals surface area contributed by atoms with E-state index in [9.17, 15) is 18.0 Å². The number of benzene rings is 1. The van der Waals surface area contributed by atoms with Crippen LogP contribution in [0.2, 0.25) is 0 Å². The van der Waals surface area contributed by atoms with Gasteiger partial charge in [-0.2, -0.15) is 0 Å². The van der Waals surface area contributed by atoms with E-state index in [1.54, 1.807) is 34.0 Å². The summed E-state index contributed by atoms with van der Waals surface area (Å²) in [7, 11) is 1.64. The van der Waals surface area contributed by atoms with Gasteiger partial charge in [0.15, 0.2) is 17.5 Å². The monoisotopic (exact) mass is 489 g/mol. The average molecular weight is 490 g/mol. The molecule has 1 saturated carbocycles. The first kappa shape index (κ1) is 24.8. The second kappa shape index (κ2) is 9.39. The van der Waals surface area contributed by atoms with E-state index in [-0.39, 0.29) is 34.9 Å². The summed E-state index contributed by atoms with van der Waals surface area (Å²) in [5, 5.41) is 6.35. The van der Waals surface area contributed by atoms with Crippen LogP contribution in [0.3, 0.4) is 0 Å². The maximum atomic E-state index is 15.0. The van der Waals surface area contributed by atoms with E-state index in [2.05, 4.69) is 20.6 Å². The summed E-state index contributed by atoms with van der Waals surface area (Å²) >= 11 is 0. The maximum Gasteiger partial charge on any atom is 0.407 e. The summed E-state index contributed by atoms with van der Waals surface area (Å²) in [6, 6.07) is 1.78. The van der Waals surface area contributed by atoms with Gasteiger partial charge in [0.05, 0.1) is 11.2 Å². The van der Waals surface area contributed by atoms with E-state index in [0.717, 1.165) is 25.3 Å². The number of anilines is 1. The molecule has 0 saturated heterocycles. The first-order chi connectivity index (χ1) is 16.4. The summed E-state index contributed by atoms with van der Waals surface area (Å²) in [5.41, 5.74) is 0.137. The normalized spacial score (nSPS) is 18.5. The van der Waals surface area contributed by atoms with Crippen molar-refractivity contribution in [2.75, 3.05) is 5.32 Å². The predicted molar refractivity (Wildman–Crippen MR) is 128 cm³/mol. The SMILES string of the molecule is Cc1nc(-c2cn(C)c3c(F)cc(F)cc23)nc(N[C@H]2CCC[C@@H](NC(=O)OC(C)(C)C)C2)c1F. The lowest BCUT2D eigenvalue weighted by molar-refractivity contribution is 0.0492. The van der Waals surface area contributed by atoms with E-state index in [0.29, 0.717) is 17.4 Å². The largest absolute Gasteiger partial charge is 0.444 e. The first-order valence-electron chi connectivity index (χ1n) is 11.7. The van der Waals surface area contributed by atoms with Gasteiger partial charge in [0, 0.05) is 42.3 Å². The Kier molecular flexibility index (Phi) is 6.66. The lowest BCUT2D eigenvalue weighted by Gasteiger charge is -2.31. The molecule has 0 bridgehead atoms. The third-order valence-corrected chi connectivity index (χ3v) is 5.99.